The van der Waals surface area contributed by atoms with Gasteiger partial charge in [-0.2, -0.15) is 0 Å². The van der Waals surface area contributed by atoms with Crippen molar-refractivity contribution in [2.75, 3.05) is 11.5 Å². The van der Waals surface area contributed by atoms with Crippen molar-refractivity contribution in [3.05, 3.63) is 108 Å². The molecule has 0 saturated carbocycles. The van der Waals surface area contributed by atoms with E-state index in [1.54, 1.807) is 22.0 Å². The summed E-state index contributed by atoms with van der Waals surface area (Å²) in [7, 11) is 0. The molecule has 0 bridgehead atoms. The number of anilines is 1. The summed E-state index contributed by atoms with van der Waals surface area (Å²) in [4.78, 5) is 30.4. The number of nitrogens with zero attached hydrogens (tertiary/aromatic N) is 2. The fourth-order valence-electron chi connectivity index (χ4n) is 5.57. The molecule has 0 fully saturated rings. The van der Waals surface area contributed by atoms with E-state index in [2.05, 4.69) is 45.2 Å². The number of hydrogen-bond acceptors (Lipinski definition) is 4. The zero-order valence-electron chi connectivity index (χ0n) is 21.6. The Morgan fingerprint density at radius 3 is 2.56 bits per heavy atom. The minimum absolute atomic E-state index is 0.0907. The van der Waals surface area contributed by atoms with Gasteiger partial charge in [-0.3, -0.25) is 9.59 Å². The van der Waals surface area contributed by atoms with Crippen molar-refractivity contribution in [3.8, 4) is 0 Å². The Kier molecular flexibility index (Phi) is 8.46. The molecule has 3 atom stereocenters. The van der Waals surface area contributed by atoms with E-state index in [0.717, 1.165) is 23.8 Å². The summed E-state index contributed by atoms with van der Waals surface area (Å²) in [6, 6.07) is 21.4. The first-order chi connectivity index (χ1) is 18.7. The number of fused-ring (bicyclic) bond motifs is 2. The van der Waals surface area contributed by atoms with E-state index in [1.165, 1.54) is 0 Å². The minimum Gasteiger partial charge on any atom is -0.394 e. The van der Waals surface area contributed by atoms with Crippen molar-refractivity contribution in [1.29, 1.82) is 0 Å². The van der Waals surface area contributed by atoms with Gasteiger partial charge >= 0.3 is 0 Å². The molecule has 0 aliphatic carbocycles. The van der Waals surface area contributed by atoms with Gasteiger partial charge in [0.2, 0.25) is 5.91 Å². The number of carbonyl (C=O) groups is 2. The third-order valence-corrected chi connectivity index (χ3v) is 9.07. The standard InChI is InChI=1S/C31H30I2N2O4/c1-20(6-4-11-29(37)34-18-23-9-3-2-8-22(23)15-26(34)19-36)31(39)27-16-25(33)12-13-28(27)35(30(31)38)17-21-7-5-10-24(32)14-21/h2-10,12-14,16,20,26,36,39H,11,15,17-19H2,1H3/b6-4+/t20-,26+,31+/m1/s1. The summed E-state index contributed by atoms with van der Waals surface area (Å²) in [5.74, 6) is -1.02. The van der Waals surface area contributed by atoms with Crippen LogP contribution in [0.4, 0.5) is 5.69 Å². The first kappa shape index (κ1) is 28.3. The second kappa shape index (κ2) is 11.7. The maximum absolute atomic E-state index is 13.8. The molecular weight excluding hydrogens is 718 g/mol. The lowest BCUT2D eigenvalue weighted by Gasteiger charge is -2.36. The van der Waals surface area contributed by atoms with Gasteiger partial charge in [-0.25, -0.2) is 0 Å². The Balaban J connectivity index is 1.35. The highest BCUT2D eigenvalue weighted by Gasteiger charge is 2.52. The van der Waals surface area contributed by atoms with Crippen molar-refractivity contribution in [2.45, 2.75) is 44.5 Å². The highest BCUT2D eigenvalue weighted by Crippen LogP contribution is 2.46. The molecule has 2 aliphatic rings. The van der Waals surface area contributed by atoms with E-state index in [1.807, 2.05) is 73.7 Å². The summed E-state index contributed by atoms with van der Waals surface area (Å²) >= 11 is 4.44. The summed E-state index contributed by atoms with van der Waals surface area (Å²) in [6.45, 7) is 2.54. The molecule has 5 rings (SSSR count). The van der Waals surface area contributed by atoms with Crippen molar-refractivity contribution < 1.29 is 19.8 Å². The Labute approximate surface area is 256 Å². The maximum Gasteiger partial charge on any atom is 0.264 e. The average Bonchev–Trinajstić information content (AvgIpc) is 3.14. The minimum atomic E-state index is -1.74. The van der Waals surface area contributed by atoms with E-state index in [9.17, 15) is 19.8 Å². The van der Waals surface area contributed by atoms with Gasteiger partial charge < -0.3 is 20.0 Å². The third kappa shape index (κ3) is 5.53. The first-order valence-corrected chi connectivity index (χ1v) is 15.1. The van der Waals surface area contributed by atoms with E-state index >= 15 is 0 Å². The van der Waals surface area contributed by atoms with Crippen LogP contribution in [0.5, 0.6) is 0 Å². The van der Waals surface area contributed by atoms with Crippen LogP contribution >= 0.6 is 45.2 Å². The number of hydrogen-bond donors (Lipinski definition) is 2. The van der Waals surface area contributed by atoms with Crippen LogP contribution < -0.4 is 4.90 Å². The highest BCUT2D eigenvalue weighted by molar-refractivity contribution is 14.1. The predicted molar refractivity (Wildman–Crippen MR) is 168 cm³/mol. The fraction of sp³-hybridized carbons (Fsp3) is 0.290. The second-order valence-electron chi connectivity index (χ2n) is 10.2. The lowest BCUT2D eigenvalue weighted by molar-refractivity contribution is -0.139. The lowest BCUT2D eigenvalue weighted by atomic mass is 9.83. The van der Waals surface area contributed by atoms with Crippen LogP contribution in [-0.4, -0.2) is 39.6 Å². The number of amides is 2. The van der Waals surface area contributed by atoms with Crippen LogP contribution in [-0.2, 0) is 34.7 Å². The van der Waals surface area contributed by atoms with Gasteiger partial charge in [0, 0.05) is 31.6 Å². The van der Waals surface area contributed by atoms with Gasteiger partial charge in [0.15, 0.2) is 5.60 Å². The molecular formula is C31H30I2N2O4. The molecule has 3 aromatic carbocycles. The summed E-state index contributed by atoms with van der Waals surface area (Å²) in [6.07, 6.45) is 4.25. The van der Waals surface area contributed by atoms with E-state index in [0.29, 0.717) is 30.8 Å². The maximum atomic E-state index is 13.8. The van der Waals surface area contributed by atoms with Crippen LogP contribution in [0.1, 0.15) is 35.6 Å². The van der Waals surface area contributed by atoms with E-state index in [-0.39, 0.29) is 30.9 Å². The fourth-order valence-corrected chi connectivity index (χ4v) is 6.66. The summed E-state index contributed by atoms with van der Waals surface area (Å²) in [5, 5.41) is 21.9. The number of halogens is 2. The number of rotatable bonds is 7. The molecule has 39 heavy (non-hydrogen) atoms. The molecule has 0 unspecified atom stereocenters. The molecule has 8 heteroatoms. The van der Waals surface area contributed by atoms with Gasteiger partial charge in [0.05, 0.1) is 24.9 Å². The summed E-state index contributed by atoms with van der Waals surface area (Å²) in [5.41, 5.74) is 2.79. The van der Waals surface area contributed by atoms with Gasteiger partial charge in [-0.1, -0.05) is 55.5 Å². The van der Waals surface area contributed by atoms with Crippen LogP contribution in [0.2, 0.25) is 0 Å². The highest BCUT2D eigenvalue weighted by atomic mass is 127. The van der Waals surface area contributed by atoms with Crippen LogP contribution in [0.15, 0.2) is 78.9 Å². The zero-order valence-corrected chi connectivity index (χ0v) is 25.9. The van der Waals surface area contributed by atoms with Crippen molar-refractivity contribution >= 4 is 62.7 Å². The Morgan fingerprint density at radius 2 is 1.82 bits per heavy atom. The molecule has 2 amide bonds. The van der Waals surface area contributed by atoms with Gasteiger partial charge in [-0.15, -0.1) is 0 Å². The SMILES string of the molecule is C[C@H](/C=C/CC(=O)N1Cc2ccccc2C[C@H]1CO)[C@@]1(O)C(=O)N(Cc2cccc(I)c2)c2ccc(I)cc21. The molecule has 0 radical (unpaired) electrons. The normalized spacial score (nSPS) is 21.3. The smallest absolute Gasteiger partial charge is 0.264 e. The largest absolute Gasteiger partial charge is 0.394 e. The molecule has 202 valence electrons. The molecule has 0 saturated heterocycles. The molecule has 2 N–H and O–H groups in total. The zero-order chi connectivity index (χ0) is 27.7. The molecule has 2 aliphatic heterocycles. The molecule has 3 aromatic rings. The Morgan fingerprint density at radius 1 is 1.08 bits per heavy atom. The predicted octanol–water partition coefficient (Wildman–Crippen LogP) is 5.16. The van der Waals surface area contributed by atoms with Gasteiger partial charge in [0.1, 0.15) is 0 Å². The second-order valence-corrected chi connectivity index (χ2v) is 12.7. The number of aliphatic hydroxyl groups is 2. The van der Waals surface area contributed by atoms with Crippen molar-refractivity contribution in [3.63, 3.8) is 0 Å². The topological polar surface area (TPSA) is 81.1 Å². The van der Waals surface area contributed by atoms with E-state index in [4.69, 9.17) is 0 Å². The quantitative estimate of drug-likeness (QED) is 0.259. The monoisotopic (exact) mass is 748 g/mol. The Hall–Kier alpha value is -2.28. The van der Waals surface area contributed by atoms with E-state index < -0.39 is 11.5 Å². The summed E-state index contributed by atoms with van der Waals surface area (Å²) < 4.78 is 2.01. The van der Waals surface area contributed by atoms with Crippen molar-refractivity contribution in [1.82, 2.24) is 4.90 Å². The Bertz CT molecular complexity index is 1440. The van der Waals surface area contributed by atoms with Gasteiger partial charge in [-0.05, 0) is 98.6 Å². The first-order valence-electron chi connectivity index (χ1n) is 12.9. The molecule has 6 nitrogen and oxygen atoms in total. The van der Waals surface area contributed by atoms with Crippen molar-refractivity contribution in [2.24, 2.45) is 5.92 Å². The molecule has 0 aromatic heterocycles. The van der Waals surface area contributed by atoms with Gasteiger partial charge in [0.25, 0.3) is 5.91 Å². The van der Waals surface area contributed by atoms with Crippen LogP contribution in [0, 0.1) is 13.1 Å². The number of benzene rings is 3. The van der Waals surface area contributed by atoms with Crippen LogP contribution in [0.3, 0.4) is 0 Å². The lowest BCUT2D eigenvalue weighted by Crippen LogP contribution is -2.46. The molecule has 0 spiro atoms. The molecule has 2 heterocycles. The number of aliphatic hydroxyl groups excluding tert-OH is 1. The average molecular weight is 748 g/mol. The third-order valence-electron chi connectivity index (χ3n) is 7.72. The number of carbonyl (C=O) groups excluding carboxylic acids is 2. The van der Waals surface area contributed by atoms with Crippen LogP contribution in [0.25, 0.3) is 0 Å².